The number of benzene rings is 2. The van der Waals surface area contributed by atoms with Gasteiger partial charge >= 0.3 is 0 Å². The van der Waals surface area contributed by atoms with Crippen LogP contribution >= 0.6 is 0 Å². The molecule has 8 nitrogen and oxygen atoms in total. The molecule has 0 saturated heterocycles. The third-order valence-corrected chi connectivity index (χ3v) is 6.79. The van der Waals surface area contributed by atoms with E-state index in [-0.39, 0.29) is 17.4 Å². The van der Waals surface area contributed by atoms with Crippen LogP contribution in [0.4, 0.5) is 11.4 Å². The number of carbonyl (C=O) groups is 2. The van der Waals surface area contributed by atoms with Gasteiger partial charge in [0.25, 0.3) is 5.91 Å². The maximum atomic E-state index is 12.7. The highest BCUT2D eigenvalue weighted by atomic mass is 32.2. The first-order chi connectivity index (χ1) is 15.3. The Kier molecular flexibility index (Phi) is 7.87. The highest BCUT2D eigenvalue weighted by Crippen LogP contribution is 2.28. The lowest BCUT2D eigenvalue weighted by molar-refractivity contribution is -0.116. The molecule has 3 N–H and O–H groups in total. The molecular formula is C23H29N3O5S. The van der Waals surface area contributed by atoms with Crippen molar-refractivity contribution >= 4 is 33.0 Å². The monoisotopic (exact) mass is 459 g/mol. The number of hydrogen-bond acceptors (Lipinski definition) is 6. The van der Waals surface area contributed by atoms with E-state index in [4.69, 9.17) is 4.74 Å². The molecule has 9 heteroatoms. The number of ether oxygens (including phenoxy) is 1. The van der Waals surface area contributed by atoms with Gasteiger partial charge in [0.15, 0.2) is 9.84 Å². The Bertz CT molecular complexity index is 1080. The Balaban J connectivity index is 1.62. The first-order valence-electron chi connectivity index (χ1n) is 10.6. The first-order valence-corrected chi connectivity index (χ1v) is 12.4. The fraction of sp³-hybridized carbons (Fsp3) is 0.391. The van der Waals surface area contributed by atoms with Crippen LogP contribution in [0.25, 0.3) is 0 Å². The predicted octanol–water partition coefficient (Wildman–Crippen LogP) is 2.50. The highest BCUT2D eigenvalue weighted by Gasteiger charge is 2.30. The van der Waals surface area contributed by atoms with Crippen LogP contribution < -0.4 is 16.0 Å². The fourth-order valence-corrected chi connectivity index (χ4v) is 5.11. The van der Waals surface area contributed by atoms with Crippen molar-refractivity contribution < 1.29 is 22.7 Å². The molecule has 1 aliphatic heterocycles. The molecule has 3 rings (SSSR count). The van der Waals surface area contributed by atoms with Gasteiger partial charge in [-0.1, -0.05) is 24.3 Å². The summed E-state index contributed by atoms with van der Waals surface area (Å²) in [5.41, 5.74) is 3.05. The second-order valence-corrected chi connectivity index (χ2v) is 9.84. The molecule has 0 radical (unpaired) electrons. The number of carbonyl (C=O) groups excluding carboxylic acids is 2. The number of fused-ring (bicyclic) bond motifs is 1. The van der Waals surface area contributed by atoms with Crippen molar-refractivity contribution in [2.45, 2.75) is 32.1 Å². The van der Waals surface area contributed by atoms with Crippen LogP contribution in [-0.4, -0.2) is 51.8 Å². The van der Waals surface area contributed by atoms with Gasteiger partial charge in [-0.2, -0.15) is 0 Å². The lowest BCUT2D eigenvalue weighted by Crippen LogP contribution is -2.43. The Morgan fingerprint density at radius 3 is 2.69 bits per heavy atom. The summed E-state index contributed by atoms with van der Waals surface area (Å²) in [4.78, 5) is 24.9. The molecule has 2 aromatic rings. The number of aryl methyl sites for hydroxylation is 1. The second kappa shape index (κ2) is 10.6. The molecule has 2 amide bonds. The quantitative estimate of drug-likeness (QED) is 0.471. The predicted molar refractivity (Wildman–Crippen MR) is 125 cm³/mol. The molecule has 0 unspecified atom stereocenters. The normalized spacial score (nSPS) is 15.4. The second-order valence-electron chi connectivity index (χ2n) is 7.73. The summed E-state index contributed by atoms with van der Waals surface area (Å²) in [5, 5.41) is 8.53. The van der Waals surface area contributed by atoms with Gasteiger partial charge in [-0.3, -0.25) is 9.59 Å². The summed E-state index contributed by atoms with van der Waals surface area (Å²) in [6, 6.07) is 11.3. The number of anilines is 2. The van der Waals surface area contributed by atoms with Crippen molar-refractivity contribution in [2.24, 2.45) is 0 Å². The molecule has 0 saturated carbocycles. The number of rotatable bonds is 10. The molecule has 0 fully saturated rings. The molecule has 1 atom stereocenters. The summed E-state index contributed by atoms with van der Waals surface area (Å²) >= 11 is 0. The maximum Gasteiger partial charge on any atom is 0.251 e. The van der Waals surface area contributed by atoms with Crippen LogP contribution in [0.2, 0.25) is 0 Å². The Labute approximate surface area is 188 Å². The van der Waals surface area contributed by atoms with Gasteiger partial charge in [0.2, 0.25) is 5.91 Å². The highest BCUT2D eigenvalue weighted by molar-refractivity contribution is 7.90. The van der Waals surface area contributed by atoms with Crippen molar-refractivity contribution in [2.75, 3.05) is 36.1 Å². The minimum Gasteiger partial charge on any atom is -0.382 e. The van der Waals surface area contributed by atoms with Crippen molar-refractivity contribution in [3.8, 4) is 0 Å². The van der Waals surface area contributed by atoms with E-state index in [0.717, 1.165) is 11.1 Å². The standard InChI is InChI=1S/C23H29N3O5S/c1-3-31-12-6-11-24-22(27)17-9-10-19-20(13-17)26-23(28)21(25-19)15-32(29,30)14-18-8-5-4-7-16(18)2/h4-5,7-10,13,21,25H,3,6,11-12,14-15H2,1-2H3,(H,24,27)(H,26,28)/t21-/m1/s1. The van der Waals surface area contributed by atoms with E-state index in [9.17, 15) is 18.0 Å². The lowest BCUT2D eigenvalue weighted by Gasteiger charge is -2.27. The number of sulfone groups is 1. The van der Waals surface area contributed by atoms with Crippen molar-refractivity contribution in [1.29, 1.82) is 0 Å². The average molecular weight is 460 g/mol. The number of nitrogens with one attached hydrogen (secondary N) is 3. The molecule has 0 aliphatic carbocycles. The van der Waals surface area contributed by atoms with Gasteiger partial charge in [0.1, 0.15) is 6.04 Å². The van der Waals surface area contributed by atoms with Crippen LogP contribution in [-0.2, 0) is 25.1 Å². The van der Waals surface area contributed by atoms with Crippen molar-refractivity contribution in [1.82, 2.24) is 5.32 Å². The molecule has 0 aromatic heterocycles. The van der Waals surface area contributed by atoms with Gasteiger partial charge in [0, 0.05) is 25.3 Å². The Hall–Kier alpha value is -2.91. The first kappa shape index (κ1) is 23.7. The Morgan fingerprint density at radius 2 is 1.94 bits per heavy atom. The summed E-state index contributed by atoms with van der Waals surface area (Å²) in [7, 11) is -3.53. The molecule has 32 heavy (non-hydrogen) atoms. The fourth-order valence-electron chi connectivity index (χ4n) is 3.45. The molecule has 1 aliphatic rings. The minimum atomic E-state index is -3.53. The van der Waals surface area contributed by atoms with E-state index < -0.39 is 21.8 Å². The van der Waals surface area contributed by atoms with Crippen LogP contribution in [0.5, 0.6) is 0 Å². The van der Waals surface area contributed by atoms with E-state index >= 15 is 0 Å². The van der Waals surface area contributed by atoms with Gasteiger partial charge in [-0.15, -0.1) is 0 Å². The van der Waals surface area contributed by atoms with Crippen LogP contribution in [0.1, 0.15) is 34.8 Å². The number of amides is 2. The summed E-state index contributed by atoms with van der Waals surface area (Å²) in [6.45, 7) is 5.48. The van der Waals surface area contributed by atoms with Gasteiger partial charge in [-0.05, 0) is 49.6 Å². The van der Waals surface area contributed by atoms with E-state index in [1.54, 1.807) is 30.3 Å². The molecule has 2 aromatic carbocycles. The molecule has 1 heterocycles. The van der Waals surface area contributed by atoms with Crippen molar-refractivity contribution in [3.05, 3.63) is 59.2 Å². The van der Waals surface area contributed by atoms with Crippen LogP contribution in [0, 0.1) is 6.92 Å². The lowest BCUT2D eigenvalue weighted by atomic mass is 10.1. The topological polar surface area (TPSA) is 114 Å². The third-order valence-electron chi connectivity index (χ3n) is 5.20. The van der Waals surface area contributed by atoms with Gasteiger partial charge in [0.05, 0.1) is 22.9 Å². The maximum absolute atomic E-state index is 12.7. The smallest absolute Gasteiger partial charge is 0.251 e. The molecule has 172 valence electrons. The Morgan fingerprint density at radius 1 is 1.16 bits per heavy atom. The summed E-state index contributed by atoms with van der Waals surface area (Å²) < 4.78 is 30.7. The third kappa shape index (κ3) is 6.30. The molecule has 0 spiro atoms. The van der Waals surface area contributed by atoms with E-state index in [1.165, 1.54) is 0 Å². The van der Waals surface area contributed by atoms with Gasteiger partial charge in [-0.25, -0.2) is 8.42 Å². The van der Waals surface area contributed by atoms with Crippen molar-refractivity contribution in [3.63, 3.8) is 0 Å². The van der Waals surface area contributed by atoms with Gasteiger partial charge < -0.3 is 20.7 Å². The average Bonchev–Trinajstić information content (AvgIpc) is 2.75. The summed E-state index contributed by atoms with van der Waals surface area (Å²) in [5.74, 6) is -1.14. The number of hydrogen-bond donors (Lipinski definition) is 3. The van der Waals surface area contributed by atoms with Crippen LogP contribution in [0.3, 0.4) is 0 Å². The summed E-state index contributed by atoms with van der Waals surface area (Å²) in [6.07, 6.45) is 0.710. The zero-order valence-corrected chi connectivity index (χ0v) is 19.1. The zero-order valence-electron chi connectivity index (χ0n) is 18.3. The van der Waals surface area contributed by atoms with Crippen LogP contribution in [0.15, 0.2) is 42.5 Å². The molecular weight excluding hydrogens is 430 g/mol. The van der Waals surface area contributed by atoms with E-state index in [1.807, 2.05) is 26.0 Å². The van der Waals surface area contributed by atoms with E-state index in [0.29, 0.717) is 43.1 Å². The SMILES string of the molecule is CCOCCCNC(=O)c1ccc2c(c1)NC(=O)[C@@H](CS(=O)(=O)Cc1ccccc1C)N2. The molecule has 0 bridgehead atoms. The zero-order chi connectivity index (χ0) is 23.1. The minimum absolute atomic E-state index is 0.125. The van der Waals surface area contributed by atoms with E-state index in [2.05, 4.69) is 16.0 Å². The largest absolute Gasteiger partial charge is 0.382 e.